The first-order chi connectivity index (χ1) is 9.65. The minimum absolute atomic E-state index is 0. The first-order valence-corrected chi connectivity index (χ1v) is 6.33. The van der Waals surface area contributed by atoms with Gasteiger partial charge in [-0.3, -0.25) is 0 Å². The molecule has 1 aliphatic heterocycles. The molecule has 1 aromatic rings. The lowest BCUT2D eigenvalue weighted by molar-refractivity contribution is -0.139. The summed E-state index contributed by atoms with van der Waals surface area (Å²) >= 11 is 0. The van der Waals surface area contributed by atoms with Gasteiger partial charge in [0, 0.05) is 5.41 Å². The van der Waals surface area contributed by atoms with Crippen molar-refractivity contribution in [3.63, 3.8) is 0 Å². The Labute approximate surface area is 132 Å². The molecule has 1 N–H and O–H groups in total. The third-order valence-corrected chi connectivity index (χ3v) is 3.50. The maximum absolute atomic E-state index is 13.3. The number of nitrogens with one attached hydrogen (secondary N) is 1. The van der Waals surface area contributed by atoms with E-state index < -0.39 is 29.3 Å². The van der Waals surface area contributed by atoms with Gasteiger partial charge in [-0.1, -0.05) is 19.9 Å². The Morgan fingerprint density at radius 3 is 2.55 bits per heavy atom. The highest BCUT2D eigenvalue weighted by Crippen LogP contribution is 2.43. The summed E-state index contributed by atoms with van der Waals surface area (Å²) < 4.78 is 49.5. The number of ether oxygens (including phenoxy) is 2. The largest absolute Gasteiger partial charge is 0.497 e. The van der Waals surface area contributed by atoms with Crippen molar-refractivity contribution in [2.75, 3.05) is 13.7 Å². The second kappa shape index (κ2) is 6.24. The summed E-state index contributed by atoms with van der Waals surface area (Å²) in [6.07, 6.45) is -5.26. The molecular formula is C14H17ClF3NO3. The molecule has 0 aromatic heterocycles. The average molecular weight is 340 g/mol. The standard InChI is InChI=1S/C14H16F3NO3.ClH/c1-13(2)7-21-12(19)18-11(13)9-5-4-8(20-3)6-10(9)14(15,16)17;/h4-6,11H,7H2,1-3H3,(H,18,19);1H/t11-;/m0./s1. The zero-order valence-electron chi connectivity index (χ0n) is 12.3. The highest BCUT2D eigenvalue weighted by Gasteiger charge is 2.43. The number of methoxy groups -OCH3 is 1. The molecule has 1 atom stereocenters. The van der Waals surface area contributed by atoms with E-state index >= 15 is 0 Å². The number of carbonyl (C=O) groups excluding carboxylic acids is 1. The predicted octanol–water partition coefficient (Wildman–Crippen LogP) is 3.94. The van der Waals surface area contributed by atoms with Gasteiger partial charge in [0.05, 0.1) is 18.7 Å². The van der Waals surface area contributed by atoms with Crippen molar-refractivity contribution in [3.8, 4) is 5.75 Å². The van der Waals surface area contributed by atoms with E-state index in [9.17, 15) is 18.0 Å². The summed E-state index contributed by atoms with van der Waals surface area (Å²) in [5.41, 5.74) is -1.48. The van der Waals surface area contributed by atoms with E-state index in [0.29, 0.717) is 0 Å². The Morgan fingerprint density at radius 2 is 2.00 bits per heavy atom. The highest BCUT2D eigenvalue weighted by atomic mass is 35.5. The molecule has 1 fully saturated rings. The molecule has 22 heavy (non-hydrogen) atoms. The Morgan fingerprint density at radius 1 is 1.36 bits per heavy atom. The minimum Gasteiger partial charge on any atom is -0.497 e. The van der Waals surface area contributed by atoms with E-state index in [1.54, 1.807) is 13.8 Å². The Balaban J connectivity index is 0.00000242. The molecule has 1 heterocycles. The van der Waals surface area contributed by atoms with Crippen molar-refractivity contribution >= 4 is 18.5 Å². The minimum atomic E-state index is -4.54. The van der Waals surface area contributed by atoms with Crippen molar-refractivity contribution in [2.24, 2.45) is 5.41 Å². The Kier molecular flexibility index (Phi) is 5.22. The molecule has 0 saturated carbocycles. The molecule has 1 aliphatic rings. The van der Waals surface area contributed by atoms with Crippen molar-refractivity contribution in [1.82, 2.24) is 5.32 Å². The van der Waals surface area contributed by atoms with Crippen LogP contribution in [0, 0.1) is 5.41 Å². The van der Waals surface area contributed by atoms with Crippen LogP contribution in [0.3, 0.4) is 0 Å². The summed E-state index contributed by atoms with van der Waals surface area (Å²) in [5.74, 6) is 0.113. The van der Waals surface area contributed by atoms with Crippen LogP contribution in [0.4, 0.5) is 18.0 Å². The van der Waals surface area contributed by atoms with Crippen LogP contribution < -0.4 is 10.1 Å². The fraction of sp³-hybridized carbons (Fsp3) is 0.500. The van der Waals surface area contributed by atoms with Crippen LogP contribution >= 0.6 is 12.4 Å². The lowest BCUT2D eigenvalue weighted by Gasteiger charge is -2.39. The third-order valence-electron chi connectivity index (χ3n) is 3.50. The van der Waals surface area contributed by atoms with Gasteiger partial charge >= 0.3 is 12.3 Å². The lowest BCUT2D eigenvalue weighted by atomic mass is 9.78. The van der Waals surface area contributed by atoms with E-state index in [1.165, 1.54) is 19.2 Å². The van der Waals surface area contributed by atoms with Gasteiger partial charge < -0.3 is 14.8 Å². The zero-order chi connectivity index (χ0) is 15.8. The molecule has 8 heteroatoms. The van der Waals surface area contributed by atoms with Gasteiger partial charge in [0.15, 0.2) is 0 Å². The summed E-state index contributed by atoms with van der Waals surface area (Å²) in [5, 5.41) is 2.47. The number of alkyl carbamates (subject to hydrolysis) is 1. The number of benzene rings is 1. The molecule has 0 unspecified atom stereocenters. The first kappa shape index (κ1) is 18.4. The first-order valence-electron chi connectivity index (χ1n) is 6.33. The number of rotatable bonds is 2. The topological polar surface area (TPSA) is 47.6 Å². The van der Waals surface area contributed by atoms with Crippen LogP contribution in [0.25, 0.3) is 0 Å². The predicted molar refractivity (Wildman–Crippen MR) is 76.2 cm³/mol. The number of cyclic esters (lactones) is 1. The summed E-state index contributed by atoms with van der Waals surface area (Å²) in [6, 6.07) is 2.93. The van der Waals surface area contributed by atoms with E-state index in [4.69, 9.17) is 9.47 Å². The fourth-order valence-corrected chi connectivity index (χ4v) is 2.35. The van der Waals surface area contributed by atoms with Gasteiger partial charge in [0.1, 0.15) is 12.4 Å². The second-order valence-corrected chi connectivity index (χ2v) is 5.59. The van der Waals surface area contributed by atoms with Crippen LogP contribution in [-0.2, 0) is 10.9 Å². The quantitative estimate of drug-likeness (QED) is 0.887. The van der Waals surface area contributed by atoms with Gasteiger partial charge in [-0.05, 0) is 17.7 Å². The van der Waals surface area contributed by atoms with Crippen LogP contribution in [0.5, 0.6) is 5.75 Å². The van der Waals surface area contributed by atoms with Crippen LogP contribution in [0.1, 0.15) is 31.0 Å². The van der Waals surface area contributed by atoms with Crippen molar-refractivity contribution in [1.29, 1.82) is 0 Å². The van der Waals surface area contributed by atoms with E-state index in [1.807, 2.05) is 0 Å². The van der Waals surface area contributed by atoms with Gasteiger partial charge in [0.25, 0.3) is 0 Å². The maximum atomic E-state index is 13.3. The lowest BCUT2D eigenvalue weighted by Crippen LogP contribution is -2.47. The van der Waals surface area contributed by atoms with Gasteiger partial charge in [-0.25, -0.2) is 4.79 Å². The van der Waals surface area contributed by atoms with Crippen molar-refractivity contribution < 1.29 is 27.4 Å². The van der Waals surface area contributed by atoms with E-state index in [-0.39, 0.29) is 30.3 Å². The molecule has 1 aromatic carbocycles. The van der Waals surface area contributed by atoms with E-state index in [2.05, 4.69) is 5.32 Å². The van der Waals surface area contributed by atoms with Gasteiger partial charge in [-0.15, -0.1) is 12.4 Å². The monoisotopic (exact) mass is 339 g/mol. The number of hydrogen-bond donors (Lipinski definition) is 1. The molecule has 2 rings (SSSR count). The van der Waals surface area contributed by atoms with Crippen molar-refractivity contribution in [3.05, 3.63) is 29.3 Å². The maximum Gasteiger partial charge on any atom is 0.416 e. The zero-order valence-corrected chi connectivity index (χ0v) is 13.1. The van der Waals surface area contributed by atoms with Gasteiger partial charge in [0.2, 0.25) is 0 Å². The third kappa shape index (κ3) is 3.58. The fourth-order valence-electron chi connectivity index (χ4n) is 2.35. The number of hydrogen-bond acceptors (Lipinski definition) is 3. The molecule has 0 radical (unpaired) electrons. The second-order valence-electron chi connectivity index (χ2n) is 5.59. The SMILES string of the molecule is COc1ccc([C@@H]2NC(=O)OCC2(C)C)c(C(F)(F)F)c1.Cl. The molecule has 124 valence electrons. The van der Waals surface area contributed by atoms with E-state index in [0.717, 1.165) is 6.07 Å². The van der Waals surface area contributed by atoms with Crippen LogP contribution in [0.15, 0.2) is 18.2 Å². The smallest absolute Gasteiger partial charge is 0.416 e. The van der Waals surface area contributed by atoms with Gasteiger partial charge in [-0.2, -0.15) is 13.2 Å². The summed E-state index contributed by atoms with van der Waals surface area (Å²) in [7, 11) is 1.30. The summed E-state index contributed by atoms with van der Waals surface area (Å²) in [4.78, 5) is 11.4. The number of amides is 1. The van der Waals surface area contributed by atoms with Crippen LogP contribution in [-0.4, -0.2) is 19.8 Å². The molecular weight excluding hydrogens is 323 g/mol. The van der Waals surface area contributed by atoms with Crippen LogP contribution in [0.2, 0.25) is 0 Å². The highest BCUT2D eigenvalue weighted by molar-refractivity contribution is 5.85. The molecule has 0 aliphatic carbocycles. The summed E-state index contributed by atoms with van der Waals surface area (Å²) in [6.45, 7) is 3.52. The number of alkyl halides is 3. The van der Waals surface area contributed by atoms with Crippen molar-refractivity contribution in [2.45, 2.75) is 26.1 Å². The molecule has 1 amide bonds. The Bertz CT molecular complexity index is 561. The normalized spacial score (nSPS) is 20.5. The molecule has 0 spiro atoms. The molecule has 0 bridgehead atoms. The average Bonchev–Trinajstić information content (AvgIpc) is 2.40. The number of halogens is 4. The Hall–Kier alpha value is -1.63. The molecule has 1 saturated heterocycles. The molecule has 4 nitrogen and oxygen atoms in total. The number of carbonyl (C=O) groups is 1.